The van der Waals surface area contributed by atoms with Crippen molar-refractivity contribution in [2.45, 2.75) is 169 Å². The fourth-order valence-corrected chi connectivity index (χ4v) is 9.87. The molecule has 0 spiro atoms. The number of unbranched alkanes of at least 4 members (excludes halogenated alkanes) is 3. The minimum atomic E-state index is -6.21. The van der Waals surface area contributed by atoms with E-state index in [9.17, 15) is 112 Å². The van der Waals surface area contributed by atoms with Gasteiger partial charge in [0.1, 0.15) is 85.3 Å². The van der Waals surface area contributed by atoms with E-state index in [1.54, 1.807) is 0 Å². The molecule has 0 aromatic carbocycles. The Morgan fingerprint density at radius 1 is 0.483 bits per heavy atom. The van der Waals surface area contributed by atoms with Crippen molar-refractivity contribution in [3.05, 3.63) is 0 Å². The molecule has 0 radical (unpaired) electrons. The molecule has 0 aromatic heterocycles. The van der Waals surface area contributed by atoms with Crippen molar-refractivity contribution in [3.8, 4) is 0 Å². The maximum atomic E-state index is 12.7. The van der Waals surface area contributed by atoms with Gasteiger partial charge in [-0.15, -0.1) is 0 Å². The van der Waals surface area contributed by atoms with Crippen molar-refractivity contribution in [1.82, 2.24) is 16.0 Å². The van der Waals surface area contributed by atoms with Gasteiger partial charge in [0.15, 0.2) is 37.4 Å². The second kappa shape index (κ2) is 42.2. The van der Waals surface area contributed by atoms with E-state index in [0.29, 0.717) is 19.3 Å². The number of rotatable bonds is 30. The van der Waals surface area contributed by atoms with Crippen LogP contribution in [0.3, 0.4) is 0 Å². The van der Waals surface area contributed by atoms with Gasteiger partial charge in [-0.25, -0.2) is 33.7 Å². The molecule has 0 saturated carbocycles. The Morgan fingerprint density at radius 3 is 1.31 bits per heavy atom. The topological polar surface area (TPSA) is 629 Å². The van der Waals surface area contributed by atoms with Crippen LogP contribution in [0.25, 0.3) is 0 Å². The number of hydrogen-bond donors (Lipinski definition) is 9. The van der Waals surface area contributed by atoms with Gasteiger partial charge in [0.2, 0.25) is 59.3 Å². The summed E-state index contributed by atoms with van der Waals surface area (Å²) in [7, 11) is -23.6. The van der Waals surface area contributed by atoms with Crippen LogP contribution in [0.2, 0.25) is 0 Å². The van der Waals surface area contributed by atoms with E-state index in [1.807, 2.05) is 10.6 Å². The fourth-order valence-electron chi connectivity index (χ4n) is 8.32. The standard InChI is InChI=1S/C37H61N3O37S4.6Na/c1-13(42)39-18-21(46)20(45)15(11-67-78(54,55)56)69-34(18)72-27-24(49)29(77-81(63,64)65)37(75-31(27)33(52)53)71-25-16(12-68-79(57,58)59)70-35(19(22(25)47)40-14(2)43)73-26-23(48)28(76-80(60,61)62)36(74-30(26)32(50)51)66-10-6-4-3-5-8-38-17(44)7-9-41;;;;;;/h15-16,18-31,34-37,41,45-49H,3-12H2,1-2H3,(H,38,44)(H,39,42)(H,40,43)(H,50,51)(H,52,53)(H,54,55,56)(H,57,58,59)(H,60,61,62)(H,63,64,65);;;;;;/q;6*+1/p-6. The number of aliphatic hydroxyl groups excluding tert-OH is 6. The van der Waals surface area contributed by atoms with Crippen molar-refractivity contribution >= 4 is 71.3 Å². The number of aliphatic carboxylic acids is 2. The molecule has 4 fully saturated rings. The smallest absolute Gasteiger partial charge is 0.726 e. The first kappa shape index (κ1) is 93.5. The van der Waals surface area contributed by atoms with Crippen LogP contribution < -0.4 is 204 Å². The van der Waals surface area contributed by atoms with Gasteiger partial charge >= 0.3 is 177 Å². The number of amides is 3. The molecule has 3 amide bonds. The summed E-state index contributed by atoms with van der Waals surface area (Å²) in [4.78, 5) is 61.5. The Morgan fingerprint density at radius 2 is 0.885 bits per heavy atom. The number of carbonyl (C=O) groups is 5. The minimum Gasteiger partial charge on any atom is -0.726 e. The first-order valence-corrected chi connectivity index (χ1v) is 28.7. The Hall–Kier alpha value is 2.27. The van der Waals surface area contributed by atoms with Gasteiger partial charge in [0.05, 0.1) is 31.8 Å². The molecule has 0 aliphatic carbocycles. The Balaban J connectivity index is -0.0000118. The quantitative estimate of drug-likeness (QED) is 0.0140. The third-order valence-electron chi connectivity index (χ3n) is 11.7. The number of carboxylic acid groups (broad SMARTS) is 2. The molecular weight excluding hydrogens is 1340 g/mol. The Bertz CT molecular complexity index is 2630. The third-order valence-corrected chi connectivity index (χ3v) is 13.5. The maximum Gasteiger partial charge on any atom is 1.00 e. The zero-order valence-corrected chi connectivity index (χ0v) is 62.9. The van der Waals surface area contributed by atoms with Gasteiger partial charge in [0, 0.05) is 33.4 Å². The molecule has 470 valence electrons. The summed E-state index contributed by atoms with van der Waals surface area (Å²) < 4.78 is 201. The second-order valence-electron chi connectivity index (χ2n) is 17.7. The number of nitrogens with one attached hydrogen (secondary N) is 3. The molecule has 9 N–H and O–H groups in total. The molecule has 20 atom stereocenters. The van der Waals surface area contributed by atoms with Crippen molar-refractivity contribution in [2.75, 3.05) is 33.0 Å². The van der Waals surface area contributed by atoms with Crippen LogP contribution in [-0.4, -0.2) is 268 Å². The zero-order valence-electron chi connectivity index (χ0n) is 47.6. The monoisotopic (exact) mass is 1400 g/mol. The largest absolute Gasteiger partial charge is 1.00 e. The third kappa shape index (κ3) is 30.7. The van der Waals surface area contributed by atoms with Crippen LogP contribution in [0.5, 0.6) is 0 Å². The molecule has 50 heteroatoms. The molecule has 4 saturated heterocycles. The van der Waals surface area contributed by atoms with E-state index >= 15 is 0 Å². The summed E-state index contributed by atoms with van der Waals surface area (Å²) in [6, 6.07) is -4.43. The predicted molar refractivity (Wildman–Crippen MR) is 234 cm³/mol. The Labute approximate surface area is 629 Å². The van der Waals surface area contributed by atoms with E-state index in [4.69, 9.17) is 43.0 Å². The predicted octanol–water partition coefficient (Wildman–Crippen LogP) is -30.9. The summed E-state index contributed by atoms with van der Waals surface area (Å²) in [5, 5.41) is 96.9. The molecule has 4 rings (SSSR count). The van der Waals surface area contributed by atoms with Crippen LogP contribution in [0.15, 0.2) is 0 Å². The normalized spacial score (nSPS) is 32.7. The Kier molecular flexibility index (Phi) is 45.3. The number of ether oxygens (including phenoxy) is 8. The summed E-state index contributed by atoms with van der Waals surface area (Å²) in [5.41, 5.74) is 0. The number of aliphatic hydroxyl groups is 6. The zero-order chi connectivity index (χ0) is 61.1. The minimum absolute atomic E-state index is 0. The van der Waals surface area contributed by atoms with Crippen LogP contribution in [0.1, 0.15) is 46.0 Å². The van der Waals surface area contributed by atoms with Gasteiger partial charge in [-0.3, -0.25) is 31.1 Å². The second-order valence-corrected chi connectivity index (χ2v) is 21.8. The molecular formula is C37H55N3Na6O37S4. The molecule has 87 heavy (non-hydrogen) atoms. The molecule has 0 bridgehead atoms. The fraction of sp³-hybridized carbons (Fsp3) is 0.865. The van der Waals surface area contributed by atoms with Gasteiger partial charge < -0.3 is 122 Å². The first-order valence-electron chi connectivity index (χ1n) is 23.3. The van der Waals surface area contributed by atoms with Crippen LogP contribution in [-0.2, 0) is 120 Å². The van der Waals surface area contributed by atoms with Crippen molar-refractivity contribution in [2.24, 2.45) is 0 Å². The van der Waals surface area contributed by atoms with Crippen molar-refractivity contribution < 1.29 is 349 Å². The summed E-state index contributed by atoms with van der Waals surface area (Å²) in [5.74, 6) is -7.48. The molecule has 4 aliphatic rings. The average molecular weight is 1400 g/mol. The van der Waals surface area contributed by atoms with E-state index < -0.39 is 214 Å². The van der Waals surface area contributed by atoms with Gasteiger partial charge in [0.25, 0.3) is 0 Å². The first-order chi connectivity index (χ1) is 37.4. The molecule has 40 nitrogen and oxygen atoms in total. The SMILES string of the molecule is CC(=O)NC1C(OC2C(C(=O)[O-])OC(OC3C(COS(=O)(=O)[O-])OC(OC4C(C(=O)[O-])OC(OCCCCCCNC(=O)CCO)C(OS(=O)(=O)[O-])C4O)C(NC(C)=O)C3O)C(OS(=O)(=O)[O-])C2O)OC(COS(=O)(=O)[O-])C(O)C1O.[Na+].[Na+].[Na+].[Na+].[Na+].[Na+]. The van der Waals surface area contributed by atoms with E-state index in [-0.39, 0.29) is 203 Å². The van der Waals surface area contributed by atoms with Gasteiger partial charge in [-0.05, 0) is 12.8 Å². The molecule has 4 aliphatic heterocycles. The van der Waals surface area contributed by atoms with Crippen LogP contribution in [0.4, 0.5) is 0 Å². The molecule has 0 aromatic rings. The molecule has 20 unspecified atom stereocenters. The van der Waals surface area contributed by atoms with Gasteiger partial charge in [-0.2, -0.15) is 0 Å². The summed E-state index contributed by atoms with van der Waals surface area (Å²) >= 11 is 0. The summed E-state index contributed by atoms with van der Waals surface area (Å²) in [6.07, 6.45) is -46.0. The number of carboxylic acids is 2. The average Bonchev–Trinajstić information content (AvgIpc) is 3.32. The van der Waals surface area contributed by atoms with Crippen molar-refractivity contribution in [3.63, 3.8) is 0 Å². The van der Waals surface area contributed by atoms with E-state index in [0.717, 1.165) is 13.8 Å². The van der Waals surface area contributed by atoms with Crippen LogP contribution in [0, 0.1) is 0 Å². The van der Waals surface area contributed by atoms with E-state index in [2.05, 4.69) is 22.0 Å². The number of hydrogen-bond acceptors (Lipinski definition) is 37. The van der Waals surface area contributed by atoms with Gasteiger partial charge in [-0.1, -0.05) is 12.8 Å². The van der Waals surface area contributed by atoms with E-state index in [1.165, 1.54) is 0 Å². The van der Waals surface area contributed by atoms with Crippen molar-refractivity contribution in [1.29, 1.82) is 0 Å². The summed E-state index contributed by atoms with van der Waals surface area (Å²) in [6.45, 7) is -2.18. The van der Waals surface area contributed by atoms with Crippen LogP contribution >= 0.6 is 0 Å². The maximum absolute atomic E-state index is 12.7. The number of carbonyl (C=O) groups excluding carboxylic acids is 5. The molecule has 4 heterocycles.